The second kappa shape index (κ2) is 4.30. The van der Waals surface area contributed by atoms with E-state index in [9.17, 15) is 9.90 Å². The number of carbonyl (C=O) groups excluding carboxylic acids is 1. The molecule has 4 heteroatoms. The molecule has 1 amide bonds. The van der Waals surface area contributed by atoms with Crippen molar-refractivity contribution >= 4 is 5.91 Å². The second-order valence-electron chi connectivity index (χ2n) is 6.07. The van der Waals surface area contributed by atoms with Crippen LogP contribution in [0.15, 0.2) is 24.4 Å². The largest absolute Gasteiger partial charge is 0.391 e. The Morgan fingerprint density at radius 3 is 2.95 bits per heavy atom. The van der Waals surface area contributed by atoms with E-state index in [1.54, 1.807) is 25.3 Å². The van der Waals surface area contributed by atoms with Crippen LogP contribution in [0, 0.1) is 5.92 Å². The Balaban J connectivity index is 1.91. The molecule has 4 atom stereocenters. The molecule has 1 aliphatic carbocycles. The minimum absolute atomic E-state index is 0.0374. The number of piperidine rings is 1. The van der Waals surface area contributed by atoms with Gasteiger partial charge in [0.1, 0.15) is 5.69 Å². The van der Waals surface area contributed by atoms with Crippen molar-refractivity contribution in [2.75, 3.05) is 0 Å². The van der Waals surface area contributed by atoms with E-state index in [-0.39, 0.29) is 17.5 Å². The first-order chi connectivity index (χ1) is 9.04. The van der Waals surface area contributed by atoms with Crippen LogP contribution in [0.3, 0.4) is 0 Å². The number of rotatable bonds is 2. The minimum Gasteiger partial charge on any atom is -0.391 e. The van der Waals surface area contributed by atoms with E-state index in [4.69, 9.17) is 0 Å². The molecule has 1 saturated carbocycles. The van der Waals surface area contributed by atoms with Crippen LogP contribution in [-0.2, 0) is 0 Å². The maximum atomic E-state index is 12.6. The Bertz CT molecular complexity index is 488. The summed E-state index contributed by atoms with van der Waals surface area (Å²) in [5.41, 5.74) is 0.114. The van der Waals surface area contributed by atoms with E-state index in [1.807, 2.05) is 11.0 Å². The van der Waals surface area contributed by atoms with Crippen LogP contribution < -0.4 is 0 Å². The third-order valence-electron chi connectivity index (χ3n) is 4.69. The number of carbonyl (C=O) groups is 1. The summed E-state index contributed by atoms with van der Waals surface area (Å²) in [5.74, 6) is 0.533. The summed E-state index contributed by atoms with van der Waals surface area (Å²) in [7, 11) is 0. The van der Waals surface area contributed by atoms with E-state index in [0.29, 0.717) is 11.6 Å². The summed E-state index contributed by atoms with van der Waals surface area (Å²) in [6, 6.07) is 5.65. The van der Waals surface area contributed by atoms with Crippen LogP contribution in [0.4, 0.5) is 0 Å². The van der Waals surface area contributed by atoms with Gasteiger partial charge in [0.15, 0.2) is 0 Å². The fourth-order valence-electron chi connectivity index (χ4n) is 3.89. The molecule has 1 aromatic heterocycles. The van der Waals surface area contributed by atoms with Crippen molar-refractivity contribution in [2.45, 2.75) is 50.8 Å². The van der Waals surface area contributed by atoms with Gasteiger partial charge in [0.05, 0.1) is 11.6 Å². The highest BCUT2D eigenvalue weighted by Crippen LogP contribution is 2.51. The lowest BCUT2D eigenvalue weighted by molar-refractivity contribution is -0.152. The number of likely N-dealkylation sites (tertiary alicyclic amines) is 1. The summed E-state index contributed by atoms with van der Waals surface area (Å²) >= 11 is 0. The van der Waals surface area contributed by atoms with E-state index < -0.39 is 6.10 Å². The lowest BCUT2D eigenvalue weighted by Crippen LogP contribution is -2.75. The molecule has 1 saturated heterocycles. The third kappa shape index (κ3) is 1.77. The zero-order valence-electron chi connectivity index (χ0n) is 11.4. The number of amides is 1. The molecule has 0 radical (unpaired) electrons. The van der Waals surface area contributed by atoms with E-state index in [2.05, 4.69) is 11.9 Å². The molecule has 1 aromatic rings. The summed E-state index contributed by atoms with van der Waals surface area (Å²) in [5, 5.41) is 10.1. The number of aromatic nitrogens is 1. The zero-order chi connectivity index (χ0) is 13.6. The molecule has 2 bridgehead atoms. The van der Waals surface area contributed by atoms with Gasteiger partial charge in [-0.15, -0.1) is 0 Å². The molecule has 4 nitrogen and oxygen atoms in total. The Kier molecular flexibility index (Phi) is 2.86. The van der Waals surface area contributed by atoms with Crippen LogP contribution in [0.25, 0.3) is 0 Å². The molecular formula is C15H20N2O2. The molecule has 2 heterocycles. The second-order valence-corrected chi connectivity index (χ2v) is 6.07. The van der Waals surface area contributed by atoms with Gasteiger partial charge < -0.3 is 10.0 Å². The van der Waals surface area contributed by atoms with E-state index >= 15 is 0 Å². The number of fused-ring (bicyclic) bond motifs is 2. The average molecular weight is 260 g/mol. The Morgan fingerprint density at radius 1 is 1.53 bits per heavy atom. The Morgan fingerprint density at radius 2 is 2.32 bits per heavy atom. The zero-order valence-corrected chi connectivity index (χ0v) is 11.4. The molecule has 0 spiro atoms. The van der Waals surface area contributed by atoms with E-state index in [1.165, 1.54) is 0 Å². The monoisotopic (exact) mass is 260 g/mol. The smallest absolute Gasteiger partial charge is 0.273 e. The molecule has 19 heavy (non-hydrogen) atoms. The quantitative estimate of drug-likeness (QED) is 0.883. The van der Waals surface area contributed by atoms with Gasteiger partial charge in [0.2, 0.25) is 0 Å². The molecule has 2 aliphatic rings. The van der Waals surface area contributed by atoms with Gasteiger partial charge in [-0.05, 0) is 44.2 Å². The molecule has 2 unspecified atom stereocenters. The van der Waals surface area contributed by atoms with Crippen molar-refractivity contribution in [1.29, 1.82) is 0 Å². The van der Waals surface area contributed by atoms with Crippen molar-refractivity contribution in [1.82, 2.24) is 9.88 Å². The van der Waals surface area contributed by atoms with Crippen molar-refractivity contribution in [3.8, 4) is 0 Å². The number of aliphatic hydroxyl groups is 1. The summed E-state index contributed by atoms with van der Waals surface area (Å²) in [4.78, 5) is 18.6. The minimum atomic E-state index is -0.487. The lowest BCUT2D eigenvalue weighted by atomic mass is 9.62. The van der Waals surface area contributed by atoms with Gasteiger partial charge in [-0.2, -0.15) is 0 Å². The standard InChI is InChI=1S/C15H20N2O2/c1-10-7-12-9-15(8-10,11(2)18)17(12)14(19)13-5-3-4-6-16-13/h3-6,10-12,18H,7-9H2,1-2H3/t10-,11?,12-,15?/m1/s1. The summed E-state index contributed by atoms with van der Waals surface area (Å²) in [6.45, 7) is 4.00. The van der Waals surface area contributed by atoms with Gasteiger partial charge in [-0.3, -0.25) is 9.78 Å². The third-order valence-corrected chi connectivity index (χ3v) is 4.69. The molecular weight excluding hydrogens is 240 g/mol. The Hall–Kier alpha value is -1.42. The average Bonchev–Trinajstić information content (AvgIpc) is 2.38. The van der Waals surface area contributed by atoms with Gasteiger partial charge in [0, 0.05) is 12.2 Å². The van der Waals surface area contributed by atoms with Crippen LogP contribution in [0.2, 0.25) is 0 Å². The maximum Gasteiger partial charge on any atom is 0.273 e. The molecule has 1 N–H and O–H groups in total. The summed E-state index contributed by atoms with van der Waals surface area (Å²) in [6.07, 6.45) is 4.00. The van der Waals surface area contributed by atoms with Crippen molar-refractivity contribution in [3.05, 3.63) is 30.1 Å². The first kappa shape index (κ1) is 12.6. The van der Waals surface area contributed by atoms with Gasteiger partial charge in [0.25, 0.3) is 5.91 Å². The van der Waals surface area contributed by atoms with Crippen LogP contribution >= 0.6 is 0 Å². The highest BCUT2D eigenvalue weighted by atomic mass is 16.3. The fraction of sp³-hybridized carbons (Fsp3) is 0.600. The van der Waals surface area contributed by atoms with Crippen molar-refractivity contribution in [3.63, 3.8) is 0 Å². The number of aliphatic hydroxyl groups excluding tert-OH is 1. The van der Waals surface area contributed by atoms with Crippen LogP contribution in [0.5, 0.6) is 0 Å². The predicted molar refractivity (Wildman–Crippen MR) is 71.6 cm³/mol. The number of hydrogen-bond donors (Lipinski definition) is 1. The van der Waals surface area contributed by atoms with Gasteiger partial charge >= 0.3 is 0 Å². The molecule has 2 fully saturated rings. The van der Waals surface area contributed by atoms with Gasteiger partial charge in [-0.1, -0.05) is 13.0 Å². The first-order valence-corrected chi connectivity index (χ1v) is 6.97. The highest BCUT2D eigenvalue weighted by Gasteiger charge is 2.60. The number of pyridine rings is 1. The molecule has 1 aliphatic heterocycles. The predicted octanol–water partition coefficient (Wildman–Crippen LogP) is 1.85. The fourth-order valence-corrected chi connectivity index (χ4v) is 3.89. The number of nitrogens with zero attached hydrogens (tertiary/aromatic N) is 2. The topological polar surface area (TPSA) is 53.4 Å². The van der Waals surface area contributed by atoms with Crippen molar-refractivity contribution < 1.29 is 9.90 Å². The van der Waals surface area contributed by atoms with Crippen molar-refractivity contribution in [2.24, 2.45) is 5.92 Å². The number of hydrogen-bond acceptors (Lipinski definition) is 3. The SMILES string of the molecule is CC(O)C12C[C@H](C)C[C@H](C1)N2C(=O)c1ccccn1. The van der Waals surface area contributed by atoms with Crippen LogP contribution in [-0.4, -0.2) is 38.6 Å². The maximum absolute atomic E-state index is 12.6. The van der Waals surface area contributed by atoms with E-state index in [0.717, 1.165) is 19.3 Å². The highest BCUT2D eigenvalue weighted by molar-refractivity contribution is 5.94. The van der Waals surface area contributed by atoms with Crippen LogP contribution in [0.1, 0.15) is 43.6 Å². The molecule has 3 rings (SSSR count). The normalized spacial score (nSPS) is 34.6. The molecule has 102 valence electrons. The first-order valence-electron chi connectivity index (χ1n) is 6.97. The lowest BCUT2D eigenvalue weighted by Gasteiger charge is -2.64. The van der Waals surface area contributed by atoms with Gasteiger partial charge in [-0.25, -0.2) is 0 Å². The molecule has 0 aromatic carbocycles. The Labute approximate surface area is 113 Å². The summed E-state index contributed by atoms with van der Waals surface area (Å²) < 4.78 is 0.